The SMILES string of the molecule is O=C(Nc1ccccc1F)N1CCCCC1c1nc(CCOc2ccc(F)cc2)no1. The van der Waals surface area contributed by atoms with E-state index in [-0.39, 0.29) is 17.5 Å². The van der Waals surface area contributed by atoms with Crippen molar-refractivity contribution in [3.8, 4) is 5.75 Å². The smallest absolute Gasteiger partial charge is 0.322 e. The van der Waals surface area contributed by atoms with Gasteiger partial charge in [-0.1, -0.05) is 17.3 Å². The van der Waals surface area contributed by atoms with Crippen LogP contribution >= 0.6 is 0 Å². The predicted molar refractivity (Wildman–Crippen MR) is 109 cm³/mol. The molecule has 2 aromatic carbocycles. The van der Waals surface area contributed by atoms with E-state index in [0.29, 0.717) is 43.5 Å². The fourth-order valence-corrected chi connectivity index (χ4v) is 3.48. The van der Waals surface area contributed by atoms with Crippen LogP contribution in [0, 0.1) is 11.6 Å². The molecule has 1 saturated heterocycles. The number of benzene rings is 2. The van der Waals surface area contributed by atoms with Crippen LogP contribution in [0.15, 0.2) is 53.1 Å². The van der Waals surface area contributed by atoms with Crippen molar-refractivity contribution < 1.29 is 22.8 Å². The minimum absolute atomic E-state index is 0.126. The molecule has 162 valence electrons. The Morgan fingerprint density at radius 3 is 2.77 bits per heavy atom. The Morgan fingerprint density at radius 2 is 1.97 bits per heavy atom. The number of hydrogen-bond donors (Lipinski definition) is 1. The van der Waals surface area contributed by atoms with Gasteiger partial charge in [-0.3, -0.25) is 0 Å². The van der Waals surface area contributed by atoms with E-state index in [0.717, 1.165) is 12.8 Å². The normalized spacial score (nSPS) is 16.2. The fourth-order valence-electron chi connectivity index (χ4n) is 3.48. The lowest BCUT2D eigenvalue weighted by Crippen LogP contribution is -2.41. The van der Waals surface area contributed by atoms with E-state index in [1.807, 2.05) is 0 Å². The number of amides is 2. The van der Waals surface area contributed by atoms with Crippen LogP contribution in [0.5, 0.6) is 5.75 Å². The summed E-state index contributed by atoms with van der Waals surface area (Å²) in [5.41, 5.74) is 0.126. The second kappa shape index (κ2) is 9.55. The highest BCUT2D eigenvalue weighted by Crippen LogP contribution is 2.30. The van der Waals surface area contributed by atoms with Gasteiger partial charge in [0, 0.05) is 13.0 Å². The third-order valence-electron chi connectivity index (χ3n) is 5.06. The third kappa shape index (κ3) is 5.17. The maximum absolute atomic E-state index is 13.9. The zero-order valence-electron chi connectivity index (χ0n) is 16.8. The Balaban J connectivity index is 1.38. The first kappa shape index (κ1) is 20.8. The Labute approximate surface area is 178 Å². The van der Waals surface area contributed by atoms with Crippen molar-refractivity contribution in [3.05, 3.63) is 71.9 Å². The van der Waals surface area contributed by atoms with Crippen molar-refractivity contribution in [2.75, 3.05) is 18.5 Å². The molecule has 1 aliphatic rings. The molecule has 0 radical (unpaired) electrons. The second-order valence-corrected chi connectivity index (χ2v) is 7.22. The van der Waals surface area contributed by atoms with Crippen LogP contribution in [0.4, 0.5) is 19.3 Å². The van der Waals surface area contributed by atoms with E-state index in [9.17, 15) is 13.6 Å². The number of nitrogens with one attached hydrogen (secondary N) is 1. The van der Waals surface area contributed by atoms with E-state index in [2.05, 4.69) is 15.5 Å². The maximum Gasteiger partial charge on any atom is 0.322 e. The van der Waals surface area contributed by atoms with Crippen LogP contribution < -0.4 is 10.1 Å². The molecule has 1 unspecified atom stereocenters. The predicted octanol–water partition coefficient (Wildman–Crippen LogP) is 4.73. The number of piperidine rings is 1. The molecule has 7 nitrogen and oxygen atoms in total. The molecule has 2 heterocycles. The average Bonchev–Trinajstić information content (AvgIpc) is 3.25. The van der Waals surface area contributed by atoms with Crippen molar-refractivity contribution >= 4 is 11.7 Å². The number of halogens is 2. The summed E-state index contributed by atoms with van der Waals surface area (Å²) in [5.74, 6) is 0.530. The third-order valence-corrected chi connectivity index (χ3v) is 5.06. The lowest BCUT2D eigenvalue weighted by Gasteiger charge is -2.33. The summed E-state index contributed by atoms with van der Waals surface area (Å²) >= 11 is 0. The number of likely N-dealkylation sites (tertiary alicyclic amines) is 1. The summed E-state index contributed by atoms with van der Waals surface area (Å²) in [6.45, 7) is 0.809. The molecule has 1 aromatic heterocycles. The van der Waals surface area contributed by atoms with Crippen molar-refractivity contribution in [2.45, 2.75) is 31.7 Å². The van der Waals surface area contributed by atoms with Crippen LogP contribution in [0.1, 0.15) is 37.0 Å². The van der Waals surface area contributed by atoms with Crippen LogP contribution in [0.3, 0.4) is 0 Å². The van der Waals surface area contributed by atoms with Gasteiger partial charge >= 0.3 is 6.03 Å². The van der Waals surface area contributed by atoms with Crippen molar-refractivity contribution in [1.29, 1.82) is 0 Å². The summed E-state index contributed by atoms with van der Waals surface area (Å²) in [5, 5.41) is 6.60. The number of para-hydroxylation sites is 1. The minimum atomic E-state index is -0.495. The van der Waals surface area contributed by atoms with Gasteiger partial charge in [-0.2, -0.15) is 4.98 Å². The Morgan fingerprint density at radius 1 is 1.16 bits per heavy atom. The highest BCUT2D eigenvalue weighted by atomic mass is 19.1. The second-order valence-electron chi connectivity index (χ2n) is 7.22. The Bertz CT molecular complexity index is 1030. The first-order valence-electron chi connectivity index (χ1n) is 10.1. The number of ether oxygens (including phenoxy) is 1. The lowest BCUT2D eigenvalue weighted by molar-refractivity contribution is 0.142. The summed E-state index contributed by atoms with van der Waals surface area (Å²) in [4.78, 5) is 18.8. The standard InChI is InChI=1S/C22H22F2N4O3/c23-15-8-10-16(11-9-15)30-14-12-20-26-21(31-27-20)19-7-3-4-13-28(19)22(29)25-18-6-2-1-5-17(18)24/h1-2,5-6,8-11,19H,3-4,7,12-14H2,(H,25,29). The van der Waals surface area contributed by atoms with Crippen molar-refractivity contribution in [1.82, 2.24) is 15.0 Å². The minimum Gasteiger partial charge on any atom is -0.493 e. The number of urea groups is 1. The average molecular weight is 428 g/mol. The highest BCUT2D eigenvalue weighted by molar-refractivity contribution is 5.89. The number of nitrogens with zero attached hydrogens (tertiary/aromatic N) is 3. The van der Waals surface area contributed by atoms with Gasteiger partial charge in [0.05, 0.1) is 12.3 Å². The number of aromatic nitrogens is 2. The molecular weight excluding hydrogens is 406 g/mol. The summed E-state index contributed by atoms with van der Waals surface area (Å²) in [6, 6.07) is 11.0. The Kier molecular flexibility index (Phi) is 6.40. The molecule has 0 aliphatic carbocycles. The van der Waals surface area contributed by atoms with Crippen LogP contribution in [-0.2, 0) is 6.42 Å². The molecule has 1 atom stereocenters. The van der Waals surface area contributed by atoms with Crippen LogP contribution in [0.2, 0.25) is 0 Å². The fraction of sp³-hybridized carbons (Fsp3) is 0.318. The van der Waals surface area contributed by atoms with Crippen molar-refractivity contribution in [2.24, 2.45) is 0 Å². The molecular formula is C22H22F2N4O3. The maximum atomic E-state index is 13.9. The Hall–Kier alpha value is -3.49. The highest BCUT2D eigenvalue weighted by Gasteiger charge is 2.32. The largest absolute Gasteiger partial charge is 0.493 e. The van der Waals surface area contributed by atoms with Crippen LogP contribution in [-0.4, -0.2) is 34.2 Å². The lowest BCUT2D eigenvalue weighted by atomic mass is 10.0. The first-order valence-corrected chi connectivity index (χ1v) is 10.1. The molecule has 1 aliphatic heterocycles. The van der Waals surface area contributed by atoms with Gasteiger partial charge in [0.25, 0.3) is 0 Å². The molecule has 3 aromatic rings. The van der Waals surface area contributed by atoms with E-state index in [1.54, 1.807) is 29.2 Å². The van der Waals surface area contributed by atoms with Gasteiger partial charge in [-0.25, -0.2) is 13.6 Å². The van der Waals surface area contributed by atoms with E-state index < -0.39 is 11.8 Å². The molecule has 1 N–H and O–H groups in total. The molecule has 0 saturated carbocycles. The summed E-state index contributed by atoms with van der Waals surface area (Å²) < 4.78 is 37.8. The zero-order valence-corrected chi connectivity index (χ0v) is 16.8. The molecule has 2 amide bonds. The number of carbonyl (C=O) groups excluding carboxylic acids is 1. The number of hydrogen-bond acceptors (Lipinski definition) is 5. The molecule has 31 heavy (non-hydrogen) atoms. The van der Waals surface area contributed by atoms with Gasteiger partial charge in [0.1, 0.15) is 23.4 Å². The molecule has 0 bridgehead atoms. The van der Waals surface area contributed by atoms with Crippen LogP contribution in [0.25, 0.3) is 0 Å². The van der Waals surface area contributed by atoms with E-state index in [1.165, 1.54) is 24.3 Å². The van der Waals surface area contributed by atoms with E-state index in [4.69, 9.17) is 9.26 Å². The van der Waals surface area contributed by atoms with Gasteiger partial charge in [-0.05, 0) is 55.7 Å². The van der Waals surface area contributed by atoms with Gasteiger partial charge in [0.2, 0.25) is 5.89 Å². The van der Waals surface area contributed by atoms with Gasteiger partial charge < -0.3 is 19.5 Å². The van der Waals surface area contributed by atoms with Gasteiger partial charge in [-0.15, -0.1) is 0 Å². The number of carbonyl (C=O) groups is 1. The topological polar surface area (TPSA) is 80.5 Å². The molecule has 9 heteroatoms. The molecule has 1 fully saturated rings. The van der Waals surface area contributed by atoms with Crippen molar-refractivity contribution in [3.63, 3.8) is 0 Å². The van der Waals surface area contributed by atoms with E-state index >= 15 is 0 Å². The molecule has 4 rings (SSSR count). The quantitative estimate of drug-likeness (QED) is 0.614. The van der Waals surface area contributed by atoms with Gasteiger partial charge in [0.15, 0.2) is 5.82 Å². The first-order chi connectivity index (χ1) is 15.1. The summed E-state index contributed by atoms with van der Waals surface area (Å²) in [6.07, 6.45) is 2.83. The number of rotatable bonds is 6. The molecule has 0 spiro atoms. The number of anilines is 1. The summed E-state index contributed by atoms with van der Waals surface area (Å²) in [7, 11) is 0. The monoisotopic (exact) mass is 428 g/mol. The zero-order chi connectivity index (χ0) is 21.6.